The van der Waals surface area contributed by atoms with E-state index in [1.807, 2.05) is 0 Å². The third kappa shape index (κ3) is 4.63. The first-order valence-corrected chi connectivity index (χ1v) is 9.30. The van der Waals surface area contributed by atoms with Crippen LogP contribution in [-0.2, 0) is 18.9 Å². The van der Waals surface area contributed by atoms with Crippen LogP contribution >= 0.6 is 0 Å². The van der Waals surface area contributed by atoms with Gasteiger partial charge in [0.2, 0.25) is 0 Å². The second-order valence-electron chi connectivity index (χ2n) is 7.12. The molecule has 3 nitrogen and oxygen atoms in total. The molecule has 32 heavy (non-hydrogen) atoms. The van der Waals surface area contributed by atoms with Crippen LogP contribution in [0, 0.1) is 19.7 Å². The molecule has 0 unspecified atom stereocenters. The van der Waals surface area contributed by atoms with Crippen molar-refractivity contribution in [3.8, 4) is 5.69 Å². The Labute approximate surface area is 178 Å². The second kappa shape index (κ2) is 8.33. The molecule has 0 fully saturated rings. The van der Waals surface area contributed by atoms with Crippen LogP contribution in [0.15, 0.2) is 48.5 Å². The van der Waals surface area contributed by atoms with Gasteiger partial charge in [-0.3, -0.25) is 4.79 Å². The molecule has 0 saturated carbocycles. The lowest BCUT2D eigenvalue weighted by atomic mass is 10.1. The van der Waals surface area contributed by atoms with Gasteiger partial charge in [0, 0.05) is 17.9 Å². The van der Waals surface area contributed by atoms with Crippen LogP contribution in [0.5, 0.6) is 0 Å². The molecule has 0 bridgehead atoms. The highest BCUT2D eigenvalue weighted by Gasteiger charge is 2.35. The number of hydrogen-bond donors (Lipinski definition) is 1. The van der Waals surface area contributed by atoms with E-state index < -0.39 is 41.7 Å². The van der Waals surface area contributed by atoms with Crippen LogP contribution in [-0.4, -0.2) is 10.5 Å². The topological polar surface area (TPSA) is 34.0 Å². The fourth-order valence-corrected chi connectivity index (χ4v) is 3.51. The number of amides is 1. The van der Waals surface area contributed by atoms with Gasteiger partial charge in [-0.1, -0.05) is 18.2 Å². The van der Waals surface area contributed by atoms with Gasteiger partial charge in [-0.15, -0.1) is 0 Å². The third-order valence-electron chi connectivity index (χ3n) is 4.94. The Balaban J connectivity index is 1.92. The normalized spacial score (nSPS) is 12.2. The van der Waals surface area contributed by atoms with Gasteiger partial charge in [0.25, 0.3) is 5.91 Å². The second-order valence-corrected chi connectivity index (χ2v) is 7.12. The SMILES string of the molecule is Cc1cc(C(=O)NCc2ccc(F)cc2C(F)(F)F)c(C)n1-c1ccccc1C(F)(F)F. The molecular weight excluding hydrogens is 441 g/mol. The number of carbonyl (C=O) groups excluding carboxylic acids is 1. The summed E-state index contributed by atoms with van der Waals surface area (Å²) in [7, 11) is 0. The highest BCUT2D eigenvalue weighted by molar-refractivity contribution is 5.96. The first kappa shape index (κ1) is 23.4. The lowest BCUT2D eigenvalue weighted by Crippen LogP contribution is -2.25. The summed E-state index contributed by atoms with van der Waals surface area (Å²) in [6, 6.07) is 8.30. The molecule has 1 aromatic heterocycles. The van der Waals surface area contributed by atoms with Crippen molar-refractivity contribution in [1.82, 2.24) is 9.88 Å². The predicted molar refractivity (Wildman–Crippen MR) is 103 cm³/mol. The van der Waals surface area contributed by atoms with Crippen molar-refractivity contribution in [1.29, 1.82) is 0 Å². The summed E-state index contributed by atoms with van der Waals surface area (Å²) in [5, 5.41) is 2.33. The average Bonchev–Trinajstić information content (AvgIpc) is 2.99. The van der Waals surface area contributed by atoms with E-state index in [9.17, 15) is 35.5 Å². The zero-order chi connectivity index (χ0) is 23.8. The van der Waals surface area contributed by atoms with Crippen molar-refractivity contribution < 1.29 is 35.5 Å². The van der Waals surface area contributed by atoms with Gasteiger partial charge in [-0.2, -0.15) is 26.3 Å². The summed E-state index contributed by atoms with van der Waals surface area (Å²) in [6.45, 7) is 2.41. The number of rotatable bonds is 4. The number of aromatic nitrogens is 1. The van der Waals surface area contributed by atoms with Gasteiger partial charge >= 0.3 is 12.4 Å². The van der Waals surface area contributed by atoms with Gasteiger partial charge in [-0.25, -0.2) is 4.39 Å². The maximum atomic E-state index is 13.4. The number of nitrogens with zero attached hydrogens (tertiary/aromatic N) is 1. The molecule has 2 aromatic carbocycles. The van der Waals surface area contributed by atoms with Crippen LogP contribution in [0.1, 0.15) is 38.4 Å². The summed E-state index contributed by atoms with van der Waals surface area (Å²) in [6.07, 6.45) is -9.45. The van der Waals surface area contributed by atoms with Gasteiger partial charge in [0.05, 0.1) is 22.4 Å². The molecule has 1 amide bonds. The maximum absolute atomic E-state index is 13.4. The largest absolute Gasteiger partial charge is 0.418 e. The fraction of sp³-hybridized carbons (Fsp3) is 0.227. The Morgan fingerprint density at radius 2 is 1.53 bits per heavy atom. The van der Waals surface area contributed by atoms with Crippen LogP contribution < -0.4 is 5.32 Å². The van der Waals surface area contributed by atoms with Crippen molar-refractivity contribution in [2.45, 2.75) is 32.7 Å². The summed E-state index contributed by atoms with van der Waals surface area (Å²) in [5.41, 5.74) is -2.10. The molecule has 0 atom stereocenters. The van der Waals surface area contributed by atoms with Crippen molar-refractivity contribution in [2.24, 2.45) is 0 Å². The standard InChI is InChI=1S/C22H17F7N2O/c1-12-9-16(13(2)31(12)19-6-4-3-5-17(19)21(24,25)26)20(32)30-11-14-7-8-15(23)10-18(14)22(27,28)29/h3-10H,11H2,1-2H3,(H,30,32). The van der Waals surface area contributed by atoms with E-state index in [0.717, 1.165) is 18.2 Å². The predicted octanol–water partition coefficient (Wildman–Crippen LogP) is 6.20. The molecular formula is C22H17F7N2O. The van der Waals surface area contributed by atoms with Crippen molar-refractivity contribution >= 4 is 5.91 Å². The Kier molecular flexibility index (Phi) is 6.08. The lowest BCUT2D eigenvalue weighted by molar-refractivity contribution is -0.138. The number of nitrogens with one attached hydrogen (secondary N) is 1. The van der Waals surface area contributed by atoms with Gasteiger partial charge in [-0.05, 0) is 49.7 Å². The number of aryl methyl sites for hydroxylation is 1. The van der Waals surface area contributed by atoms with E-state index in [1.54, 1.807) is 0 Å². The molecule has 170 valence electrons. The third-order valence-corrected chi connectivity index (χ3v) is 4.94. The van der Waals surface area contributed by atoms with Crippen LogP contribution in [0.2, 0.25) is 0 Å². The van der Waals surface area contributed by atoms with Crippen molar-refractivity contribution in [3.05, 3.63) is 88.0 Å². The minimum atomic E-state index is -4.82. The van der Waals surface area contributed by atoms with E-state index in [4.69, 9.17) is 0 Å². The average molecular weight is 458 g/mol. The number of hydrogen-bond acceptors (Lipinski definition) is 1. The minimum absolute atomic E-state index is 0.00940. The fourth-order valence-electron chi connectivity index (χ4n) is 3.51. The molecule has 0 saturated heterocycles. The molecule has 10 heteroatoms. The summed E-state index contributed by atoms with van der Waals surface area (Å²) < 4.78 is 94.2. The molecule has 0 aliphatic carbocycles. The molecule has 0 aliphatic heterocycles. The molecule has 3 rings (SSSR count). The maximum Gasteiger partial charge on any atom is 0.418 e. The smallest absolute Gasteiger partial charge is 0.348 e. The Hall–Kier alpha value is -3.30. The molecule has 0 spiro atoms. The molecule has 1 heterocycles. The van der Waals surface area contributed by atoms with Gasteiger partial charge < -0.3 is 9.88 Å². The van der Waals surface area contributed by atoms with Crippen LogP contribution in [0.4, 0.5) is 30.7 Å². The molecule has 3 aromatic rings. The molecule has 0 aliphatic rings. The van der Waals surface area contributed by atoms with Gasteiger partial charge in [0.1, 0.15) is 5.82 Å². The lowest BCUT2D eigenvalue weighted by Gasteiger charge is -2.17. The summed E-state index contributed by atoms with van der Waals surface area (Å²) >= 11 is 0. The quantitative estimate of drug-likeness (QED) is 0.464. The van der Waals surface area contributed by atoms with Crippen LogP contribution in [0.3, 0.4) is 0 Å². The summed E-state index contributed by atoms with van der Waals surface area (Å²) in [4.78, 5) is 12.6. The minimum Gasteiger partial charge on any atom is -0.348 e. The zero-order valence-electron chi connectivity index (χ0n) is 16.8. The van der Waals surface area contributed by atoms with E-state index in [1.165, 1.54) is 42.7 Å². The number of benzene rings is 2. The van der Waals surface area contributed by atoms with E-state index in [2.05, 4.69) is 5.32 Å². The number of alkyl halides is 6. The van der Waals surface area contributed by atoms with E-state index >= 15 is 0 Å². The highest BCUT2D eigenvalue weighted by atomic mass is 19.4. The van der Waals surface area contributed by atoms with Crippen LogP contribution in [0.25, 0.3) is 5.69 Å². The number of para-hydroxylation sites is 1. The monoisotopic (exact) mass is 458 g/mol. The molecule has 0 radical (unpaired) electrons. The Morgan fingerprint density at radius 3 is 2.16 bits per heavy atom. The Bertz CT molecular complexity index is 1160. The molecule has 1 N–H and O–H groups in total. The van der Waals surface area contributed by atoms with Crippen molar-refractivity contribution in [3.63, 3.8) is 0 Å². The first-order valence-electron chi connectivity index (χ1n) is 9.30. The Morgan fingerprint density at radius 1 is 0.906 bits per heavy atom. The van der Waals surface area contributed by atoms with Gasteiger partial charge in [0.15, 0.2) is 0 Å². The van der Waals surface area contributed by atoms with E-state index in [-0.39, 0.29) is 22.5 Å². The first-order chi connectivity index (χ1) is 14.8. The number of carbonyl (C=O) groups is 1. The van der Waals surface area contributed by atoms with Crippen molar-refractivity contribution in [2.75, 3.05) is 0 Å². The van der Waals surface area contributed by atoms with E-state index in [0.29, 0.717) is 11.8 Å². The highest BCUT2D eigenvalue weighted by Crippen LogP contribution is 2.36. The summed E-state index contributed by atoms with van der Waals surface area (Å²) in [5.74, 6) is -1.84. The zero-order valence-corrected chi connectivity index (χ0v) is 16.8. The number of halogens is 7.